The molecule has 1 unspecified atom stereocenters. The summed E-state index contributed by atoms with van der Waals surface area (Å²) in [5.74, 6) is 0.821. The molecule has 1 aromatic carbocycles. The van der Waals surface area contributed by atoms with Crippen molar-refractivity contribution in [3.8, 4) is 11.3 Å². The third kappa shape index (κ3) is 3.23. The minimum atomic E-state index is -0.105. The first-order valence-corrected chi connectivity index (χ1v) is 8.69. The van der Waals surface area contributed by atoms with E-state index in [-0.39, 0.29) is 5.60 Å². The van der Waals surface area contributed by atoms with Crippen LogP contribution in [0.25, 0.3) is 16.9 Å². The van der Waals surface area contributed by atoms with Gasteiger partial charge in [0.05, 0.1) is 17.5 Å². The summed E-state index contributed by atoms with van der Waals surface area (Å²) in [6.07, 6.45) is 4.05. The Bertz CT molecular complexity index is 865. The van der Waals surface area contributed by atoms with Gasteiger partial charge in [0, 0.05) is 25.3 Å². The van der Waals surface area contributed by atoms with Gasteiger partial charge in [0.2, 0.25) is 0 Å². The summed E-state index contributed by atoms with van der Waals surface area (Å²) in [7, 11) is 0. The zero-order chi connectivity index (χ0) is 17.3. The zero-order valence-electron chi connectivity index (χ0n) is 14.4. The van der Waals surface area contributed by atoms with Gasteiger partial charge >= 0.3 is 0 Å². The van der Waals surface area contributed by atoms with E-state index in [2.05, 4.69) is 29.4 Å². The van der Waals surface area contributed by atoms with Gasteiger partial charge in [0.15, 0.2) is 5.65 Å². The summed E-state index contributed by atoms with van der Waals surface area (Å²) >= 11 is 0. The van der Waals surface area contributed by atoms with Crippen LogP contribution in [0.2, 0.25) is 0 Å². The summed E-state index contributed by atoms with van der Waals surface area (Å²) in [5, 5.41) is 8.11. The maximum absolute atomic E-state index is 5.83. The number of hydrogen-bond acceptors (Lipinski definition) is 5. The van der Waals surface area contributed by atoms with Gasteiger partial charge in [0.25, 0.3) is 0 Å². The predicted molar refractivity (Wildman–Crippen MR) is 98.4 cm³/mol. The van der Waals surface area contributed by atoms with E-state index in [1.54, 1.807) is 0 Å². The predicted octanol–water partition coefficient (Wildman–Crippen LogP) is 2.84. The molecule has 1 aliphatic rings. The Morgan fingerprint density at radius 2 is 2.08 bits per heavy atom. The Labute approximate surface area is 147 Å². The van der Waals surface area contributed by atoms with E-state index in [1.807, 2.05) is 35.0 Å². The molecule has 1 saturated heterocycles. The molecule has 0 amide bonds. The lowest BCUT2D eigenvalue weighted by atomic mass is 10.0. The van der Waals surface area contributed by atoms with Crippen molar-refractivity contribution in [2.45, 2.75) is 31.9 Å². The van der Waals surface area contributed by atoms with E-state index in [0.29, 0.717) is 6.54 Å². The first kappa shape index (κ1) is 16.1. The van der Waals surface area contributed by atoms with Crippen LogP contribution in [0.5, 0.6) is 0 Å². The third-order valence-electron chi connectivity index (χ3n) is 4.79. The Morgan fingerprint density at radius 3 is 2.80 bits per heavy atom. The van der Waals surface area contributed by atoms with Crippen LogP contribution >= 0.6 is 0 Å². The number of aromatic nitrogens is 3. The molecule has 3 heterocycles. The molecule has 6 nitrogen and oxygen atoms in total. The van der Waals surface area contributed by atoms with Crippen LogP contribution in [0.15, 0.2) is 42.6 Å². The maximum atomic E-state index is 5.83. The molecule has 0 spiro atoms. The quantitative estimate of drug-likeness (QED) is 0.748. The fraction of sp³-hybridized carbons (Fsp3) is 0.368. The summed E-state index contributed by atoms with van der Waals surface area (Å²) < 4.78 is 7.70. The van der Waals surface area contributed by atoms with Crippen molar-refractivity contribution in [3.05, 3.63) is 48.2 Å². The number of nitrogens with one attached hydrogen (secondary N) is 1. The van der Waals surface area contributed by atoms with Gasteiger partial charge in [-0.1, -0.05) is 24.3 Å². The lowest BCUT2D eigenvalue weighted by Gasteiger charge is -2.23. The monoisotopic (exact) mass is 337 g/mol. The molecule has 25 heavy (non-hydrogen) atoms. The fourth-order valence-electron chi connectivity index (χ4n) is 3.23. The molecule has 3 aromatic rings. The van der Waals surface area contributed by atoms with E-state index in [4.69, 9.17) is 15.6 Å². The van der Waals surface area contributed by atoms with Gasteiger partial charge in [-0.15, -0.1) is 5.10 Å². The van der Waals surface area contributed by atoms with Crippen molar-refractivity contribution in [2.75, 3.05) is 18.5 Å². The standard InChI is InChI=1S/C19H23N5O/c1-19(9-2-10-25-19)13-22-17-7-8-18-21-12-16(24(18)23-17)15-5-3-14(11-20)4-6-15/h3-8,12H,2,9-11,13,20H2,1H3,(H,22,23). The van der Waals surface area contributed by atoms with E-state index in [0.717, 1.165) is 54.3 Å². The molecular formula is C19H23N5O. The molecule has 2 aromatic heterocycles. The number of anilines is 1. The highest BCUT2D eigenvalue weighted by Crippen LogP contribution is 2.26. The highest BCUT2D eigenvalue weighted by molar-refractivity contribution is 5.64. The summed E-state index contributed by atoms with van der Waals surface area (Å²) in [6.45, 7) is 4.28. The van der Waals surface area contributed by atoms with Gasteiger partial charge in [-0.2, -0.15) is 0 Å². The molecule has 6 heteroatoms. The number of imidazole rings is 1. The number of rotatable bonds is 5. The van der Waals surface area contributed by atoms with Gasteiger partial charge < -0.3 is 15.8 Å². The number of nitrogens with zero attached hydrogens (tertiary/aromatic N) is 3. The van der Waals surface area contributed by atoms with Crippen molar-refractivity contribution >= 4 is 11.5 Å². The lowest BCUT2D eigenvalue weighted by molar-refractivity contribution is 0.0314. The van der Waals surface area contributed by atoms with E-state index in [1.165, 1.54) is 0 Å². The van der Waals surface area contributed by atoms with Gasteiger partial charge in [0.1, 0.15) is 5.82 Å². The Balaban J connectivity index is 1.60. The second-order valence-corrected chi connectivity index (χ2v) is 6.79. The molecule has 130 valence electrons. The molecule has 0 saturated carbocycles. The van der Waals surface area contributed by atoms with Crippen LogP contribution < -0.4 is 11.1 Å². The smallest absolute Gasteiger partial charge is 0.154 e. The second-order valence-electron chi connectivity index (χ2n) is 6.79. The molecule has 0 aliphatic carbocycles. The van der Waals surface area contributed by atoms with Crippen LogP contribution in [0.1, 0.15) is 25.3 Å². The average molecular weight is 337 g/mol. The summed E-state index contributed by atoms with van der Waals surface area (Å²) in [6, 6.07) is 12.1. The number of nitrogens with two attached hydrogens (primary N) is 1. The fourth-order valence-corrected chi connectivity index (χ4v) is 3.23. The maximum Gasteiger partial charge on any atom is 0.154 e. The van der Waals surface area contributed by atoms with Crippen molar-refractivity contribution < 1.29 is 4.74 Å². The molecule has 1 fully saturated rings. The SMILES string of the molecule is CC1(CNc2ccc3ncc(-c4ccc(CN)cc4)n3n2)CCCO1. The Hall–Kier alpha value is -2.44. The van der Waals surface area contributed by atoms with Crippen molar-refractivity contribution in [3.63, 3.8) is 0 Å². The molecule has 1 atom stereocenters. The largest absolute Gasteiger partial charge is 0.373 e. The zero-order valence-corrected chi connectivity index (χ0v) is 14.4. The van der Waals surface area contributed by atoms with Crippen LogP contribution in [0.3, 0.4) is 0 Å². The number of fused-ring (bicyclic) bond motifs is 1. The van der Waals surface area contributed by atoms with Crippen LogP contribution in [-0.4, -0.2) is 33.4 Å². The van der Waals surface area contributed by atoms with Gasteiger partial charge in [-0.3, -0.25) is 0 Å². The summed E-state index contributed by atoms with van der Waals surface area (Å²) in [5.41, 5.74) is 9.54. The van der Waals surface area contributed by atoms with Crippen LogP contribution in [0.4, 0.5) is 5.82 Å². The number of benzene rings is 1. The molecule has 1 aliphatic heterocycles. The number of ether oxygens (including phenoxy) is 1. The third-order valence-corrected chi connectivity index (χ3v) is 4.79. The van der Waals surface area contributed by atoms with E-state index < -0.39 is 0 Å². The highest BCUT2D eigenvalue weighted by Gasteiger charge is 2.29. The van der Waals surface area contributed by atoms with Crippen molar-refractivity contribution in [1.82, 2.24) is 14.6 Å². The molecular weight excluding hydrogens is 314 g/mol. The Kier molecular flexibility index (Phi) is 4.15. The highest BCUT2D eigenvalue weighted by atomic mass is 16.5. The van der Waals surface area contributed by atoms with Crippen LogP contribution in [0, 0.1) is 0 Å². The minimum absolute atomic E-state index is 0.105. The average Bonchev–Trinajstić information content (AvgIpc) is 3.26. The molecule has 4 rings (SSSR count). The lowest BCUT2D eigenvalue weighted by Crippen LogP contribution is -2.32. The number of hydrogen-bond donors (Lipinski definition) is 2. The normalized spacial score (nSPS) is 20.2. The second kappa shape index (κ2) is 6.46. The first-order valence-electron chi connectivity index (χ1n) is 8.69. The van der Waals surface area contributed by atoms with Gasteiger partial charge in [-0.25, -0.2) is 9.50 Å². The minimum Gasteiger partial charge on any atom is -0.373 e. The van der Waals surface area contributed by atoms with Crippen molar-refractivity contribution in [2.24, 2.45) is 5.73 Å². The Morgan fingerprint density at radius 1 is 1.24 bits per heavy atom. The first-order chi connectivity index (χ1) is 12.2. The molecule has 0 bridgehead atoms. The molecule has 0 radical (unpaired) electrons. The van der Waals surface area contributed by atoms with E-state index in [9.17, 15) is 0 Å². The van der Waals surface area contributed by atoms with E-state index >= 15 is 0 Å². The topological polar surface area (TPSA) is 77.5 Å². The molecule has 3 N–H and O–H groups in total. The van der Waals surface area contributed by atoms with Gasteiger partial charge in [-0.05, 0) is 37.5 Å². The van der Waals surface area contributed by atoms with Crippen LogP contribution in [-0.2, 0) is 11.3 Å². The summed E-state index contributed by atoms with van der Waals surface area (Å²) in [4.78, 5) is 4.45. The van der Waals surface area contributed by atoms with Crippen molar-refractivity contribution in [1.29, 1.82) is 0 Å².